The summed E-state index contributed by atoms with van der Waals surface area (Å²) in [6.07, 6.45) is 2.95. The van der Waals surface area contributed by atoms with Gasteiger partial charge in [-0.05, 0) is 17.9 Å². The lowest BCUT2D eigenvalue weighted by Crippen LogP contribution is -2.52. The number of piperidine rings is 1. The highest BCUT2D eigenvalue weighted by Crippen LogP contribution is 2.28. The van der Waals surface area contributed by atoms with Crippen LogP contribution in [0.2, 0.25) is 0 Å². The molecule has 1 saturated heterocycles. The maximum Gasteiger partial charge on any atom is 0.0521 e. The van der Waals surface area contributed by atoms with Crippen LogP contribution in [0.15, 0.2) is 12.3 Å². The molecule has 0 radical (unpaired) electrons. The first-order valence-electron chi connectivity index (χ1n) is 5.94. The van der Waals surface area contributed by atoms with Crippen molar-refractivity contribution < 1.29 is 0 Å². The van der Waals surface area contributed by atoms with Gasteiger partial charge >= 0.3 is 0 Å². The largest absolute Gasteiger partial charge is 0.327 e. The monoisotopic (exact) mass is 258 g/mol. The summed E-state index contributed by atoms with van der Waals surface area (Å²) in [5, 5.41) is 4.20. The Bertz CT molecular complexity index is 361. The van der Waals surface area contributed by atoms with E-state index in [4.69, 9.17) is 5.73 Å². The first-order valence-corrected chi connectivity index (χ1v) is 5.94. The molecule has 1 aromatic heterocycles. The van der Waals surface area contributed by atoms with E-state index in [0.29, 0.717) is 6.04 Å². The Morgan fingerprint density at radius 1 is 1.53 bits per heavy atom. The third-order valence-electron chi connectivity index (χ3n) is 3.70. The molecule has 2 rings (SSSR count). The Morgan fingerprint density at radius 2 is 2.24 bits per heavy atom. The van der Waals surface area contributed by atoms with Crippen LogP contribution in [0.25, 0.3) is 0 Å². The highest BCUT2D eigenvalue weighted by Gasteiger charge is 2.33. The van der Waals surface area contributed by atoms with E-state index in [-0.39, 0.29) is 17.8 Å². The molecule has 1 unspecified atom stereocenters. The normalized spacial score (nSPS) is 24.4. The van der Waals surface area contributed by atoms with Gasteiger partial charge in [0.15, 0.2) is 0 Å². The molecule has 1 fully saturated rings. The summed E-state index contributed by atoms with van der Waals surface area (Å²) >= 11 is 0. The molecule has 1 aromatic rings. The van der Waals surface area contributed by atoms with Crippen LogP contribution in [-0.2, 0) is 13.6 Å². The Labute approximate surface area is 110 Å². The summed E-state index contributed by atoms with van der Waals surface area (Å²) in [6.45, 7) is 7.65. The fourth-order valence-electron chi connectivity index (χ4n) is 2.41. The van der Waals surface area contributed by atoms with E-state index in [2.05, 4.69) is 29.9 Å². The van der Waals surface area contributed by atoms with Gasteiger partial charge in [-0.3, -0.25) is 9.58 Å². The number of aryl methyl sites for hydroxylation is 1. The molecule has 1 aliphatic rings. The molecule has 17 heavy (non-hydrogen) atoms. The van der Waals surface area contributed by atoms with Gasteiger partial charge in [0.25, 0.3) is 0 Å². The third kappa shape index (κ3) is 3.21. The van der Waals surface area contributed by atoms with Crippen molar-refractivity contribution in [3.8, 4) is 0 Å². The van der Waals surface area contributed by atoms with E-state index in [1.807, 2.05) is 17.9 Å². The van der Waals surface area contributed by atoms with Crippen LogP contribution >= 0.6 is 12.4 Å². The molecular formula is C12H23ClN4. The standard InChI is InChI=1S/C12H22N4.ClH/c1-12(2)9-16(7-5-11(12)13)8-10-4-6-14-15(10)3;/h4,6,11H,5,7-9,13H2,1-3H3;1H. The van der Waals surface area contributed by atoms with Crippen molar-refractivity contribution in [3.05, 3.63) is 18.0 Å². The number of hydrogen-bond acceptors (Lipinski definition) is 3. The molecular weight excluding hydrogens is 236 g/mol. The van der Waals surface area contributed by atoms with Gasteiger partial charge in [0.1, 0.15) is 0 Å². The molecule has 5 heteroatoms. The average molecular weight is 259 g/mol. The van der Waals surface area contributed by atoms with Crippen LogP contribution in [0, 0.1) is 5.41 Å². The molecule has 2 heterocycles. The van der Waals surface area contributed by atoms with Gasteiger partial charge in [-0.15, -0.1) is 12.4 Å². The lowest BCUT2D eigenvalue weighted by molar-refractivity contribution is 0.0880. The first-order chi connectivity index (χ1) is 7.49. The number of hydrogen-bond donors (Lipinski definition) is 1. The second kappa shape index (κ2) is 5.38. The molecule has 98 valence electrons. The Morgan fingerprint density at radius 3 is 2.76 bits per heavy atom. The summed E-state index contributed by atoms with van der Waals surface area (Å²) in [5.41, 5.74) is 7.62. The topological polar surface area (TPSA) is 47.1 Å². The van der Waals surface area contributed by atoms with Crippen LogP contribution in [-0.4, -0.2) is 33.8 Å². The zero-order valence-electron chi connectivity index (χ0n) is 10.9. The highest BCUT2D eigenvalue weighted by molar-refractivity contribution is 5.85. The Balaban J connectivity index is 0.00000144. The first kappa shape index (κ1) is 14.5. The van der Waals surface area contributed by atoms with Crippen LogP contribution in [0.1, 0.15) is 26.0 Å². The smallest absolute Gasteiger partial charge is 0.0521 e. The molecule has 0 saturated carbocycles. The molecule has 1 aliphatic heterocycles. The quantitative estimate of drug-likeness (QED) is 0.872. The highest BCUT2D eigenvalue weighted by atomic mass is 35.5. The second-order valence-corrected chi connectivity index (χ2v) is 5.54. The van der Waals surface area contributed by atoms with E-state index in [0.717, 1.165) is 26.1 Å². The number of likely N-dealkylation sites (tertiary alicyclic amines) is 1. The van der Waals surface area contributed by atoms with Crippen molar-refractivity contribution in [2.75, 3.05) is 13.1 Å². The molecule has 4 nitrogen and oxygen atoms in total. The van der Waals surface area contributed by atoms with Crippen molar-refractivity contribution in [1.82, 2.24) is 14.7 Å². The van der Waals surface area contributed by atoms with E-state index in [9.17, 15) is 0 Å². The summed E-state index contributed by atoms with van der Waals surface area (Å²) in [6, 6.07) is 2.41. The van der Waals surface area contributed by atoms with Gasteiger partial charge < -0.3 is 5.73 Å². The van der Waals surface area contributed by atoms with Crippen LogP contribution in [0.3, 0.4) is 0 Å². The number of nitrogens with two attached hydrogens (primary N) is 1. The number of nitrogens with zero attached hydrogens (tertiary/aromatic N) is 3. The molecule has 1 atom stereocenters. The zero-order chi connectivity index (χ0) is 11.8. The third-order valence-corrected chi connectivity index (χ3v) is 3.70. The molecule has 0 spiro atoms. The molecule has 0 bridgehead atoms. The number of rotatable bonds is 2. The van der Waals surface area contributed by atoms with Gasteiger partial charge in [0.05, 0.1) is 5.69 Å². The number of halogens is 1. The zero-order valence-corrected chi connectivity index (χ0v) is 11.7. The molecule has 0 aliphatic carbocycles. The average Bonchev–Trinajstić information content (AvgIpc) is 2.58. The van der Waals surface area contributed by atoms with Crippen molar-refractivity contribution in [2.45, 2.75) is 32.9 Å². The summed E-state index contributed by atoms with van der Waals surface area (Å²) in [7, 11) is 2.00. The van der Waals surface area contributed by atoms with Gasteiger partial charge in [0.2, 0.25) is 0 Å². The van der Waals surface area contributed by atoms with Crippen molar-refractivity contribution in [2.24, 2.45) is 18.2 Å². The summed E-state index contributed by atoms with van der Waals surface area (Å²) in [5.74, 6) is 0. The van der Waals surface area contributed by atoms with Crippen LogP contribution in [0.5, 0.6) is 0 Å². The van der Waals surface area contributed by atoms with Gasteiger partial charge in [-0.1, -0.05) is 13.8 Å². The van der Waals surface area contributed by atoms with E-state index >= 15 is 0 Å². The summed E-state index contributed by atoms with van der Waals surface area (Å²) < 4.78 is 1.95. The predicted octanol–water partition coefficient (Wildman–Crippen LogP) is 1.40. The van der Waals surface area contributed by atoms with E-state index < -0.39 is 0 Å². The van der Waals surface area contributed by atoms with E-state index in [1.165, 1.54) is 5.69 Å². The van der Waals surface area contributed by atoms with Gasteiger partial charge in [0, 0.05) is 38.9 Å². The minimum atomic E-state index is 0. The summed E-state index contributed by atoms with van der Waals surface area (Å²) in [4.78, 5) is 2.47. The molecule has 0 aromatic carbocycles. The maximum absolute atomic E-state index is 6.13. The fourth-order valence-corrected chi connectivity index (χ4v) is 2.41. The van der Waals surface area contributed by atoms with Gasteiger partial charge in [-0.25, -0.2) is 0 Å². The second-order valence-electron chi connectivity index (χ2n) is 5.54. The van der Waals surface area contributed by atoms with E-state index in [1.54, 1.807) is 0 Å². The van der Waals surface area contributed by atoms with Crippen molar-refractivity contribution >= 4 is 12.4 Å². The van der Waals surface area contributed by atoms with Crippen LogP contribution in [0.4, 0.5) is 0 Å². The van der Waals surface area contributed by atoms with Gasteiger partial charge in [-0.2, -0.15) is 5.10 Å². The predicted molar refractivity (Wildman–Crippen MR) is 72.1 cm³/mol. The minimum absolute atomic E-state index is 0. The Hall–Kier alpha value is -0.580. The maximum atomic E-state index is 6.13. The van der Waals surface area contributed by atoms with Crippen molar-refractivity contribution in [3.63, 3.8) is 0 Å². The van der Waals surface area contributed by atoms with Crippen LogP contribution < -0.4 is 5.73 Å². The number of aromatic nitrogens is 2. The molecule has 2 N–H and O–H groups in total. The fraction of sp³-hybridized carbons (Fsp3) is 0.750. The SMILES string of the molecule is Cl.Cn1nccc1CN1CCC(N)C(C)(C)C1. The minimum Gasteiger partial charge on any atom is -0.327 e. The van der Waals surface area contributed by atoms with Crippen molar-refractivity contribution in [1.29, 1.82) is 0 Å². The lowest BCUT2D eigenvalue weighted by atomic mass is 9.80. The lowest BCUT2D eigenvalue weighted by Gasteiger charge is -2.42. The Kier molecular flexibility index (Phi) is 4.58. The molecule has 0 amide bonds.